The minimum Gasteiger partial charge on any atom is -0.480 e. The highest BCUT2D eigenvalue weighted by atomic mass is 16.7. The highest BCUT2D eigenvalue weighted by Crippen LogP contribution is 2.13. The van der Waals surface area contributed by atoms with Gasteiger partial charge in [-0.1, -0.05) is 14.9 Å². The maximum Gasteiger partial charge on any atom is 0.347 e. The zero-order valence-corrected chi connectivity index (χ0v) is 31.5. The SMILES string of the molecule is C.C.CN(C)CC(=O)N(C)C(C)(C)C(=O)O.CN(C)CC(=O)O.CN(C)CC(=O)ON1C(=O)CCC1=O.CNC(C)(C)C(=O)O.O=C1CCC(=O)N1O. The summed E-state index contributed by atoms with van der Waals surface area (Å²) in [7, 11) is 13.5. The van der Waals surface area contributed by atoms with Crippen molar-refractivity contribution in [2.75, 3.05) is 76.0 Å². The van der Waals surface area contributed by atoms with Crippen LogP contribution in [0.25, 0.3) is 0 Å². The van der Waals surface area contributed by atoms with Gasteiger partial charge in [0.05, 0.1) is 19.6 Å². The number of carboxylic acid groups (broad SMARTS) is 3. The van der Waals surface area contributed by atoms with Gasteiger partial charge in [0.25, 0.3) is 23.6 Å². The molecule has 0 aromatic carbocycles. The summed E-state index contributed by atoms with van der Waals surface area (Å²) in [4.78, 5) is 107. The summed E-state index contributed by atoms with van der Waals surface area (Å²) in [6.45, 7) is 6.58. The van der Waals surface area contributed by atoms with Gasteiger partial charge in [-0.25, -0.2) is 9.59 Å². The summed E-state index contributed by atoms with van der Waals surface area (Å²) in [5.74, 6) is -5.37. The average molecular weight is 770 g/mol. The Morgan fingerprint density at radius 2 is 1.02 bits per heavy atom. The number of carboxylic acids is 3. The lowest BCUT2D eigenvalue weighted by Crippen LogP contribution is -2.52. The molecule has 5 amide bonds. The van der Waals surface area contributed by atoms with E-state index in [0.717, 1.165) is 0 Å². The number of nitrogens with one attached hydrogen (secondary N) is 1. The molecule has 2 aliphatic heterocycles. The minimum atomic E-state index is -1.16. The van der Waals surface area contributed by atoms with Crippen LogP contribution >= 0.6 is 0 Å². The third-order valence-corrected chi connectivity index (χ3v) is 6.47. The van der Waals surface area contributed by atoms with Crippen LogP contribution in [0.3, 0.4) is 0 Å². The van der Waals surface area contributed by atoms with E-state index >= 15 is 0 Å². The second-order valence-corrected chi connectivity index (χ2v) is 12.7. The largest absolute Gasteiger partial charge is 0.480 e. The Balaban J connectivity index is -0.000000185. The maximum absolute atomic E-state index is 11.5. The van der Waals surface area contributed by atoms with E-state index in [-0.39, 0.29) is 71.1 Å². The Labute approximate surface area is 312 Å². The van der Waals surface area contributed by atoms with Gasteiger partial charge in [-0.3, -0.25) is 48.6 Å². The van der Waals surface area contributed by atoms with Gasteiger partial charge in [0, 0.05) is 32.7 Å². The molecule has 53 heavy (non-hydrogen) atoms. The number of nitrogens with zero attached hydrogens (tertiary/aromatic N) is 6. The van der Waals surface area contributed by atoms with E-state index < -0.39 is 58.6 Å². The average Bonchev–Trinajstić information content (AvgIpc) is 3.46. The van der Waals surface area contributed by atoms with E-state index in [1.54, 1.807) is 77.9 Å². The first kappa shape index (κ1) is 57.8. The van der Waals surface area contributed by atoms with Gasteiger partial charge >= 0.3 is 23.9 Å². The first-order valence-electron chi connectivity index (χ1n) is 15.2. The Morgan fingerprint density at radius 1 is 0.660 bits per heavy atom. The lowest BCUT2D eigenvalue weighted by atomic mass is 10.0. The number of rotatable bonds is 11. The van der Waals surface area contributed by atoms with Crippen LogP contribution in [-0.4, -0.2) is 191 Å². The zero-order chi connectivity index (χ0) is 41.0. The molecule has 0 spiro atoms. The molecule has 0 radical (unpaired) electrons. The molecule has 0 bridgehead atoms. The molecule has 2 aliphatic rings. The molecule has 0 unspecified atom stereocenters. The maximum atomic E-state index is 11.5. The minimum absolute atomic E-state index is 0. The summed E-state index contributed by atoms with van der Waals surface area (Å²) in [6, 6.07) is 0. The van der Waals surface area contributed by atoms with Crippen molar-refractivity contribution < 1.29 is 68.5 Å². The van der Waals surface area contributed by atoms with Gasteiger partial charge in [-0.15, -0.1) is 5.06 Å². The van der Waals surface area contributed by atoms with Crippen LogP contribution < -0.4 is 5.32 Å². The highest BCUT2D eigenvalue weighted by molar-refractivity contribution is 6.01. The van der Waals surface area contributed by atoms with Gasteiger partial charge < -0.3 is 35.3 Å². The summed E-state index contributed by atoms with van der Waals surface area (Å²) in [6.07, 6.45) is 0.535. The summed E-state index contributed by atoms with van der Waals surface area (Å²) in [5.41, 5.74) is -1.95. The molecular formula is C32H63N7O14. The molecule has 2 fully saturated rings. The number of imide groups is 2. The number of carbonyl (C=O) groups excluding carboxylic acids is 6. The van der Waals surface area contributed by atoms with Crippen LogP contribution in [0, 0.1) is 0 Å². The van der Waals surface area contributed by atoms with Crippen LogP contribution in [0.4, 0.5) is 0 Å². The molecule has 0 aromatic heterocycles. The Hall–Kier alpha value is -4.57. The quantitative estimate of drug-likeness (QED) is 0.131. The van der Waals surface area contributed by atoms with Crippen molar-refractivity contribution in [2.24, 2.45) is 0 Å². The van der Waals surface area contributed by atoms with E-state index in [1.165, 1.54) is 25.8 Å². The molecule has 2 saturated heterocycles. The van der Waals surface area contributed by atoms with E-state index in [1.807, 2.05) is 0 Å². The van der Waals surface area contributed by atoms with E-state index in [0.29, 0.717) is 5.06 Å². The normalized spacial score (nSPS) is 13.5. The van der Waals surface area contributed by atoms with Gasteiger partial charge in [0.15, 0.2) is 0 Å². The van der Waals surface area contributed by atoms with Crippen molar-refractivity contribution in [3.8, 4) is 0 Å². The third kappa shape index (κ3) is 25.1. The Kier molecular flexibility index (Phi) is 29.5. The van der Waals surface area contributed by atoms with Crippen LogP contribution in [0.15, 0.2) is 0 Å². The fourth-order valence-electron chi connectivity index (χ4n) is 2.82. The van der Waals surface area contributed by atoms with E-state index in [9.17, 15) is 43.2 Å². The molecule has 0 aromatic rings. The molecule has 0 atom stereocenters. The van der Waals surface area contributed by atoms with Crippen LogP contribution in [0.5, 0.6) is 0 Å². The molecule has 21 heteroatoms. The first-order valence-corrected chi connectivity index (χ1v) is 15.2. The number of hydroxylamine groups is 4. The molecule has 2 rings (SSSR count). The molecular weight excluding hydrogens is 706 g/mol. The highest BCUT2D eigenvalue weighted by Gasteiger charge is 2.35. The predicted molar refractivity (Wildman–Crippen MR) is 192 cm³/mol. The topological polar surface area (TPSA) is 275 Å². The van der Waals surface area contributed by atoms with Crippen LogP contribution in [0.1, 0.15) is 68.2 Å². The van der Waals surface area contributed by atoms with Crippen molar-refractivity contribution in [3.05, 3.63) is 0 Å². The van der Waals surface area contributed by atoms with E-state index in [2.05, 4.69) is 10.2 Å². The van der Waals surface area contributed by atoms with Crippen molar-refractivity contribution in [2.45, 2.75) is 79.3 Å². The van der Waals surface area contributed by atoms with Gasteiger partial charge in [-0.2, -0.15) is 5.06 Å². The second kappa shape index (κ2) is 27.1. The Morgan fingerprint density at radius 3 is 1.23 bits per heavy atom. The van der Waals surface area contributed by atoms with E-state index in [4.69, 9.17) is 20.5 Å². The lowest BCUT2D eigenvalue weighted by molar-refractivity contribution is -0.197. The van der Waals surface area contributed by atoms with Gasteiger partial charge in [0.1, 0.15) is 11.1 Å². The van der Waals surface area contributed by atoms with Crippen molar-refractivity contribution in [1.82, 2.24) is 35.0 Å². The molecule has 0 aliphatic carbocycles. The monoisotopic (exact) mass is 769 g/mol. The number of likely N-dealkylation sites (N-methyl/N-ethyl adjacent to an activating group) is 5. The summed E-state index contributed by atoms with van der Waals surface area (Å²) in [5, 5.41) is 37.1. The standard InChI is InChI=1S/C9H18N2O3.C8H12N2O4.C5H11NO2.C4H5NO3.C4H9NO2.2CH4/c1-9(2,8(13)14)11(5)7(12)6-10(3)4;1-9(2)5-8(13)14-10-6(11)3-4-7(10)12;1-5(2,6-3)4(7)8;6-3-1-2-4(7)5(3)8;1-5(2)3-4(6)7;;/h6H2,1-5H3,(H,13,14);3-5H2,1-2H3;6H,1-3H3,(H,7,8);8H,1-2H2;3H2,1-2H3,(H,6,7);2*1H4. The smallest absolute Gasteiger partial charge is 0.347 e. The van der Waals surface area contributed by atoms with Gasteiger partial charge in [0.2, 0.25) is 5.91 Å². The van der Waals surface area contributed by atoms with Crippen molar-refractivity contribution in [3.63, 3.8) is 0 Å². The number of hydrogen-bond acceptors (Lipinski definition) is 15. The molecule has 2 heterocycles. The summed E-state index contributed by atoms with van der Waals surface area (Å²) < 4.78 is 0. The second-order valence-electron chi connectivity index (χ2n) is 12.7. The zero-order valence-electron chi connectivity index (χ0n) is 31.5. The number of amides is 5. The van der Waals surface area contributed by atoms with Crippen molar-refractivity contribution in [1.29, 1.82) is 0 Å². The number of carbonyl (C=O) groups is 9. The summed E-state index contributed by atoms with van der Waals surface area (Å²) >= 11 is 0. The molecule has 310 valence electrons. The molecule has 21 nitrogen and oxygen atoms in total. The molecule has 5 N–H and O–H groups in total. The number of aliphatic carboxylic acids is 3. The predicted octanol–water partition coefficient (Wildman–Crippen LogP) is -0.477. The third-order valence-electron chi connectivity index (χ3n) is 6.47. The molecule has 0 saturated carbocycles. The van der Waals surface area contributed by atoms with Crippen LogP contribution in [0.2, 0.25) is 0 Å². The fourth-order valence-corrected chi connectivity index (χ4v) is 2.82. The number of hydrogen-bond donors (Lipinski definition) is 5. The Bertz CT molecular complexity index is 1200. The fraction of sp³-hybridized carbons (Fsp3) is 0.719. The van der Waals surface area contributed by atoms with Gasteiger partial charge in [-0.05, 0) is 77.0 Å². The van der Waals surface area contributed by atoms with Crippen molar-refractivity contribution >= 4 is 53.4 Å². The first-order chi connectivity index (χ1) is 23.0. The van der Waals surface area contributed by atoms with Crippen LogP contribution in [-0.2, 0) is 48.0 Å². The lowest BCUT2D eigenvalue weighted by Gasteiger charge is -2.32.